The van der Waals surface area contributed by atoms with Crippen molar-refractivity contribution in [2.24, 2.45) is 11.5 Å². The summed E-state index contributed by atoms with van der Waals surface area (Å²) in [5.74, 6) is 0. The molecular weight excluding hydrogens is 184 g/mol. The Morgan fingerprint density at radius 1 is 1.31 bits per heavy atom. The molecule has 0 heterocycles. The fraction of sp³-hybridized carbons (Fsp3) is 0.400. The molecule has 1 aromatic carbocycles. The summed E-state index contributed by atoms with van der Waals surface area (Å²) in [6.07, 6.45) is 0.852. The van der Waals surface area contributed by atoms with Gasteiger partial charge in [0.1, 0.15) is 0 Å². The monoisotopic (exact) mass is 200 g/mol. The van der Waals surface area contributed by atoms with Gasteiger partial charge in [0, 0.05) is 6.04 Å². The van der Waals surface area contributed by atoms with Crippen molar-refractivity contribution in [1.29, 1.82) is 0 Å². The third kappa shape index (κ3) is 3.35. The molecule has 1 aromatic rings. The molecule has 13 heavy (non-hydrogen) atoms. The van der Waals surface area contributed by atoms with Crippen LogP contribution in [0.4, 0.5) is 0 Å². The molecule has 4 N–H and O–H groups in total. The van der Waals surface area contributed by atoms with Crippen LogP contribution in [0, 0.1) is 6.92 Å². The Balaban J connectivity index is 0.00000144. The quantitative estimate of drug-likeness (QED) is 0.782. The normalized spacial score (nSPS) is 11.9. The van der Waals surface area contributed by atoms with Gasteiger partial charge < -0.3 is 11.5 Å². The van der Waals surface area contributed by atoms with Crippen molar-refractivity contribution in [3.8, 4) is 0 Å². The molecule has 0 saturated heterocycles. The van der Waals surface area contributed by atoms with Crippen LogP contribution in [0.3, 0.4) is 0 Å². The van der Waals surface area contributed by atoms with Crippen molar-refractivity contribution in [3.63, 3.8) is 0 Å². The summed E-state index contributed by atoms with van der Waals surface area (Å²) >= 11 is 0. The SMILES string of the molecule is Cc1ccccc1[C@H](N)CCN.Cl. The fourth-order valence-corrected chi connectivity index (χ4v) is 1.34. The van der Waals surface area contributed by atoms with E-state index in [9.17, 15) is 0 Å². The molecule has 3 heteroatoms. The third-order valence-electron chi connectivity index (χ3n) is 2.07. The van der Waals surface area contributed by atoms with E-state index in [1.54, 1.807) is 0 Å². The first-order valence-electron chi connectivity index (χ1n) is 4.27. The Morgan fingerprint density at radius 2 is 1.92 bits per heavy atom. The summed E-state index contributed by atoms with van der Waals surface area (Å²) in [6.45, 7) is 2.72. The van der Waals surface area contributed by atoms with E-state index < -0.39 is 0 Å². The molecule has 1 atom stereocenters. The fourth-order valence-electron chi connectivity index (χ4n) is 1.34. The van der Waals surface area contributed by atoms with E-state index in [-0.39, 0.29) is 18.4 Å². The van der Waals surface area contributed by atoms with Crippen LogP contribution in [0.25, 0.3) is 0 Å². The minimum atomic E-state index is 0. The first-order chi connectivity index (χ1) is 5.75. The van der Waals surface area contributed by atoms with Gasteiger partial charge >= 0.3 is 0 Å². The van der Waals surface area contributed by atoms with E-state index in [0.29, 0.717) is 6.54 Å². The number of rotatable bonds is 3. The van der Waals surface area contributed by atoms with Gasteiger partial charge in [-0.15, -0.1) is 12.4 Å². The van der Waals surface area contributed by atoms with Gasteiger partial charge in [-0.3, -0.25) is 0 Å². The summed E-state index contributed by atoms with van der Waals surface area (Å²) in [5, 5.41) is 0. The van der Waals surface area contributed by atoms with E-state index in [2.05, 4.69) is 19.1 Å². The van der Waals surface area contributed by atoms with Gasteiger partial charge in [0.25, 0.3) is 0 Å². The molecule has 0 aliphatic rings. The lowest BCUT2D eigenvalue weighted by molar-refractivity contribution is 0.658. The molecule has 2 nitrogen and oxygen atoms in total. The molecule has 0 saturated carbocycles. The van der Waals surface area contributed by atoms with Crippen LogP contribution in [0.1, 0.15) is 23.6 Å². The van der Waals surface area contributed by atoms with E-state index in [1.165, 1.54) is 11.1 Å². The largest absolute Gasteiger partial charge is 0.330 e. The minimum absolute atomic E-state index is 0. The Kier molecular flexibility index (Phi) is 5.71. The standard InChI is InChI=1S/C10H16N2.ClH/c1-8-4-2-3-5-9(8)10(12)6-7-11;/h2-5,10H,6-7,11-12H2,1H3;1H/t10-;/m1./s1. The number of nitrogens with two attached hydrogens (primary N) is 2. The van der Waals surface area contributed by atoms with Gasteiger partial charge in [-0.25, -0.2) is 0 Å². The van der Waals surface area contributed by atoms with Gasteiger partial charge in [0.05, 0.1) is 0 Å². The highest BCUT2D eigenvalue weighted by molar-refractivity contribution is 5.85. The molecule has 0 aromatic heterocycles. The highest BCUT2D eigenvalue weighted by atomic mass is 35.5. The average Bonchev–Trinajstić information content (AvgIpc) is 2.05. The second-order valence-corrected chi connectivity index (χ2v) is 3.04. The maximum Gasteiger partial charge on any atom is 0.0309 e. The molecule has 0 unspecified atom stereocenters. The van der Waals surface area contributed by atoms with Crippen molar-refractivity contribution in [2.75, 3.05) is 6.54 Å². The van der Waals surface area contributed by atoms with Crippen LogP contribution < -0.4 is 11.5 Å². The van der Waals surface area contributed by atoms with E-state index in [4.69, 9.17) is 11.5 Å². The minimum Gasteiger partial charge on any atom is -0.330 e. The van der Waals surface area contributed by atoms with Gasteiger partial charge in [-0.05, 0) is 31.0 Å². The van der Waals surface area contributed by atoms with E-state index in [1.807, 2.05) is 12.1 Å². The van der Waals surface area contributed by atoms with E-state index in [0.717, 1.165) is 6.42 Å². The molecule has 0 fully saturated rings. The van der Waals surface area contributed by atoms with Crippen molar-refractivity contribution < 1.29 is 0 Å². The summed E-state index contributed by atoms with van der Waals surface area (Å²) in [5.41, 5.74) is 13.8. The Bertz CT molecular complexity index is 250. The summed E-state index contributed by atoms with van der Waals surface area (Å²) in [4.78, 5) is 0. The number of aryl methyl sites for hydroxylation is 1. The lowest BCUT2D eigenvalue weighted by Crippen LogP contribution is -2.16. The predicted molar refractivity (Wildman–Crippen MR) is 59.0 cm³/mol. The molecular formula is C10H17ClN2. The second kappa shape index (κ2) is 5.97. The number of benzene rings is 1. The smallest absolute Gasteiger partial charge is 0.0309 e. The third-order valence-corrected chi connectivity index (χ3v) is 2.07. The zero-order chi connectivity index (χ0) is 8.97. The Hall–Kier alpha value is -0.570. The van der Waals surface area contributed by atoms with Crippen LogP contribution in [0.15, 0.2) is 24.3 Å². The zero-order valence-corrected chi connectivity index (χ0v) is 8.68. The van der Waals surface area contributed by atoms with Gasteiger partial charge in [0.15, 0.2) is 0 Å². The van der Waals surface area contributed by atoms with Crippen LogP contribution in [0.5, 0.6) is 0 Å². The molecule has 0 radical (unpaired) electrons. The van der Waals surface area contributed by atoms with Gasteiger partial charge in [0.2, 0.25) is 0 Å². The lowest BCUT2D eigenvalue weighted by atomic mass is 10.00. The molecule has 74 valence electrons. The highest BCUT2D eigenvalue weighted by Gasteiger charge is 2.05. The highest BCUT2D eigenvalue weighted by Crippen LogP contribution is 2.16. The molecule has 1 rings (SSSR count). The Morgan fingerprint density at radius 3 is 2.46 bits per heavy atom. The first kappa shape index (κ1) is 12.4. The summed E-state index contributed by atoms with van der Waals surface area (Å²) in [6, 6.07) is 8.27. The number of hydrogen-bond donors (Lipinski definition) is 2. The molecule has 0 aliphatic carbocycles. The van der Waals surface area contributed by atoms with Crippen LogP contribution >= 0.6 is 12.4 Å². The first-order valence-corrected chi connectivity index (χ1v) is 4.27. The zero-order valence-electron chi connectivity index (χ0n) is 7.86. The molecule has 0 amide bonds. The van der Waals surface area contributed by atoms with E-state index >= 15 is 0 Å². The second-order valence-electron chi connectivity index (χ2n) is 3.04. The van der Waals surface area contributed by atoms with Gasteiger partial charge in [-0.2, -0.15) is 0 Å². The van der Waals surface area contributed by atoms with Crippen LogP contribution in [-0.4, -0.2) is 6.54 Å². The van der Waals surface area contributed by atoms with Crippen LogP contribution in [-0.2, 0) is 0 Å². The maximum atomic E-state index is 5.93. The lowest BCUT2D eigenvalue weighted by Gasteiger charge is -2.12. The predicted octanol–water partition coefficient (Wildman–Crippen LogP) is 1.77. The number of hydrogen-bond acceptors (Lipinski definition) is 2. The van der Waals surface area contributed by atoms with Crippen molar-refractivity contribution >= 4 is 12.4 Å². The Labute approximate surface area is 85.7 Å². The molecule has 0 aliphatic heterocycles. The average molecular weight is 201 g/mol. The maximum absolute atomic E-state index is 5.93. The summed E-state index contributed by atoms with van der Waals surface area (Å²) in [7, 11) is 0. The molecule has 0 bridgehead atoms. The van der Waals surface area contributed by atoms with Crippen molar-refractivity contribution in [1.82, 2.24) is 0 Å². The topological polar surface area (TPSA) is 52.0 Å². The van der Waals surface area contributed by atoms with Crippen LogP contribution in [0.2, 0.25) is 0 Å². The van der Waals surface area contributed by atoms with Gasteiger partial charge in [-0.1, -0.05) is 24.3 Å². The number of halogens is 1. The van der Waals surface area contributed by atoms with Crippen molar-refractivity contribution in [2.45, 2.75) is 19.4 Å². The summed E-state index contributed by atoms with van der Waals surface area (Å²) < 4.78 is 0. The molecule has 0 spiro atoms. The van der Waals surface area contributed by atoms with Crippen molar-refractivity contribution in [3.05, 3.63) is 35.4 Å².